The average molecular weight is 560 g/mol. The smallest absolute Gasteiger partial charge is 0.257 e. The van der Waals surface area contributed by atoms with E-state index in [1.807, 2.05) is 72.8 Å². The van der Waals surface area contributed by atoms with Gasteiger partial charge in [0.05, 0.1) is 11.4 Å². The molecule has 41 heavy (non-hydrogen) atoms. The summed E-state index contributed by atoms with van der Waals surface area (Å²) in [6, 6.07) is 32.3. The number of benzene rings is 2. The van der Waals surface area contributed by atoms with Gasteiger partial charge in [-0.2, -0.15) is 0 Å². The first-order chi connectivity index (χ1) is 20.1. The maximum absolute atomic E-state index is 10.8. The molecule has 0 unspecified atom stereocenters. The summed E-state index contributed by atoms with van der Waals surface area (Å²) >= 11 is 6.28. The monoisotopic (exact) mass is 559 g/mol. The van der Waals surface area contributed by atoms with Gasteiger partial charge in [-0.15, -0.1) is 20.4 Å². The van der Waals surface area contributed by atoms with Gasteiger partial charge in [0, 0.05) is 28.5 Å². The Kier molecular flexibility index (Phi) is 8.58. The first-order valence-electron chi connectivity index (χ1n) is 12.4. The van der Waals surface area contributed by atoms with Crippen molar-refractivity contribution in [1.82, 2.24) is 15.0 Å². The van der Waals surface area contributed by atoms with Crippen molar-refractivity contribution < 1.29 is 10.2 Å². The van der Waals surface area contributed by atoms with Crippen molar-refractivity contribution in [2.45, 2.75) is 0 Å². The number of aromatic nitrogens is 3. The Bertz CT molecular complexity index is 1530. The third-order valence-electron chi connectivity index (χ3n) is 5.65. The molecule has 0 radical (unpaired) electrons. The SMILES string of the molecule is O/C(=N\N=C(\c1ccccc1)c1ccccn1)c1cc(Cl)cc(/C(O)=N\N=C(\c2ccccc2)c2ccccn2)n1. The van der Waals surface area contributed by atoms with E-state index in [2.05, 4.69) is 35.4 Å². The first-order valence-corrected chi connectivity index (χ1v) is 12.8. The molecule has 0 aliphatic carbocycles. The Labute approximate surface area is 240 Å². The Morgan fingerprint density at radius 1 is 0.512 bits per heavy atom. The predicted octanol–water partition coefficient (Wildman–Crippen LogP) is 6.04. The summed E-state index contributed by atoms with van der Waals surface area (Å²) in [4.78, 5) is 13.0. The van der Waals surface area contributed by atoms with Crippen molar-refractivity contribution in [1.29, 1.82) is 0 Å². The van der Waals surface area contributed by atoms with Crippen LogP contribution in [0, 0.1) is 0 Å². The zero-order chi connectivity index (χ0) is 28.4. The van der Waals surface area contributed by atoms with E-state index in [1.165, 1.54) is 12.1 Å². The summed E-state index contributed by atoms with van der Waals surface area (Å²) in [5.41, 5.74) is 3.49. The second-order valence-electron chi connectivity index (χ2n) is 8.46. The van der Waals surface area contributed by atoms with Crippen LogP contribution in [-0.4, -0.2) is 48.4 Å². The highest BCUT2D eigenvalue weighted by atomic mass is 35.5. The molecule has 3 aromatic heterocycles. The van der Waals surface area contributed by atoms with Gasteiger partial charge in [-0.25, -0.2) is 4.98 Å². The third-order valence-corrected chi connectivity index (χ3v) is 5.87. The molecule has 0 atom stereocenters. The molecule has 0 spiro atoms. The lowest BCUT2D eigenvalue weighted by Gasteiger charge is -2.06. The topological polar surface area (TPSA) is 129 Å². The number of halogens is 1. The summed E-state index contributed by atoms with van der Waals surface area (Å²) < 4.78 is 0. The predicted molar refractivity (Wildman–Crippen MR) is 160 cm³/mol. The fourth-order valence-corrected chi connectivity index (χ4v) is 3.94. The lowest BCUT2D eigenvalue weighted by molar-refractivity contribution is 0.543. The number of aliphatic hydroxyl groups is 2. The van der Waals surface area contributed by atoms with Gasteiger partial charge in [-0.3, -0.25) is 9.97 Å². The van der Waals surface area contributed by atoms with Gasteiger partial charge >= 0.3 is 0 Å². The number of nitrogens with zero attached hydrogens (tertiary/aromatic N) is 7. The van der Waals surface area contributed by atoms with Gasteiger partial charge in [-0.05, 0) is 36.4 Å². The fraction of sp³-hybridized carbons (Fsp3) is 0. The Morgan fingerprint density at radius 3 is 1.32 bits per heavy atom. The molecule has 0 aliphatic heterocycles. The molecule has 0 saturated heterocycles. The minimum atomic E-state index is -0.520. The number of aliphatic hydroxyl groups excluding tert-OH is 2. The normalized spacial score (nSPS) is 12.8. The molecule has 0 bridgehead atoms. The van der Waals surface area contributed by atoms with Crippen LogP contribution in [0.5, 0.6) is 0 Å². The molecule has 2 N–H and O–H groups in total. The second-order valence-corrected chi connectivity index (χ2v) is 8.90. The lowest BCUT2D eigenvalue weighted by atomic mass is 10.1. The first kappa shape index (κ1) is 27.0. The van der Waals surface area contributed by atoms with Crippen LogP contribution in [0.2, 0.25) is 5.02 Å². The van der Waals surface area contributed by atoms with Crippen molar-refractivity contribution in [3.05, 3.63) is 161 Å². The molecule has 3 heterocycles. The lowest BCUT2D eigenvalue weighted by Crippen LogP contribution is -2.10. The van der Waals surface area contributed by atoms with Crippen LogP contribution in [-0.2, 0) is 0 Å². The number of hydrogen-bond donors (Lipinski definition) is 2. The minimum absolute atomic E-state index is 0.0246. The zero-order valence-corrected chi connectivity index (χ0v) is 22.2. The van der Waals surface area contributed by atoms with E-state index in [0.29, 0.717) is 22.8 Å². The Hall–Kier alpha value is -5.54. The van der Waals surface area contributed by atoms with E-state index >= 15 is 0 Å². The van der Waals surface area contributed by atoms with Crippen LogP contribution >= 0.6 is 11.6 Å². The highest BCUT2D eigenvalue weighted by Gasteiger charge is 2.14. The minimum Gasteiger partial charge on any atom is -0.491 e. The molecule has 9 nitrogen and oxygen atoms in total. The summed E-state index contributed by atoms with van der Waals surface area (Å²) in [7, 11) is 0. The molecule has 200 valence electrons. The van der Waals surface area contributed by atoms with Crippen LogP contribution < -0.4 is 0 Å². The quantitative estimate of drug-likeness (QED) is 0.136. The molecule has 0 fully saturated rings. The Balaban J connectivity index is 1.50. The fourth-order valence-electron chi connectivity index (χ4n) is 3.73. The van der Waals surface area contributed by atoms with E-state index < -0.39 is 11.8 Å². The van der Waals surface area contributed by atoms with Gasteiger partial charge in [0.1, 0.15) is 22.8 Å². The average Bonchev–Trinajstić information content (AvgIpc) is 3.03. The molecular formula is C31H22ClN7O2. The standard InChI is InChI=1S/C31H22ClN7O2/c32-23-19-26(30(40)38-36-28(21-11-3-1-4-12-21)24-15-7-9-17-33-24)35-27(20-23)31(41)39-37-29(22-13-5-2-6-14-22)25-16-8-10-18-34-25/h1-20H,(H,38,40)(H,39,41)/b36-28-,37-29-. The van der Waals surface area contributed by atoms with Gasteiger partial charge in [-0.1, -0.05) is 84.4 Å². The molecule has 0 aliphatic rings. The molecule has 10 heteroatoms. The Morgan fingerprint density at radius 2 is 0.927 bits per heavy atom. The van der Waals surface area contributed by atoms with Crippen LogP contribution in [0.25, 0.3) is 0 Å². The summed E-state index contributed by atoms with van der Waals surface area (Å²) in [6.45, 7) is 0. The summed E-state index contributed by atoms with van der Waals surface area (Å²) in [5, 5.41) is 38.2. The van der Waals surface area contributed by atoms with Crippen molar-refractivity contribution in [3.63, 3.8) is 0 Å². The van der Waals surface area contributed by atoms with E-state index in [0.717, 1.165) is 11.1 Å². The van der Waals surface area contributed by atoms with Crippen molar-refractivity contribution in [3.8, 4) is 0 Å². The molecule has 5 aromatic rings. The van der Waals surface area contributed by atoms with E-state index in [4.69, 9.17) is 11.6 Å². The maximum atomic E-state index is 10.8. The summed E-state index contributed by atoms with van der Waals surface area (Å²) in [6.07, 6.45) is 3.29. The maximum Gasteiger partial charge on any atom is 0.257 e. The molecule has 2 aromatic carbocycles. The van der Waals surface area contributed by atoms with Crippen LogP contribution in [0.1, 0.15) is 33.9 Å². The van der Waals surface area contributed by atoms with Crippen molar-refractivity contribution >= 4 is 34.8 Å². The van der Waals surface area contributed by atoms with Crippen LogP contribution in [0.3, 0.4) is 0 Å². The molecule has 0 saturated carbocycles. The zero-order valence-electron chi connectivity index (χ0n) is 21.4. The summed E-state index contributed by atoms with van der Waals surface area (Å²) in [5.74, 6) is -1.04. The van der Waals surface area contributed by atoms with Gasteiger partial charge in [0.15, 0.2) is 0 Å². The number of rotatable bonds is 8. The highest BCUT2D eigenvalue weighted by molar-refractivity contribution is 6.31. The second kappa shape index (κ2) is 13.0. The van der Waals surface area contributed by atoms with Crippen LogP contribution in [0.4, 0.5) is 0 Å². The van der Waals surface area contributed by atoms with Crippen LogP contribution in [0.15, 0.2) is 142 Å². The van der Waals surface area contributed by atoms with E-state index in [-0.39, 0.29) is 16.4 Å². The van der Waals surface area contributed by atoms with Crippen molar-refractivity contribution in [2.24, 2.45) is 20.4 Å². The van der Waals surface area contributed by atoms with E-state index in [9.17, 15) is 10.2 Å². The number of hydrogen-bond acceptors (Lipinski definition) is 7. The molecular weight excluding hydrogens is 538 g/mol. The third kappa shape index (κ3) is 6.92. The van der Waals surface area contributed by atoms with Gasteiger partial charge in [0.2, 0.25) is 0 Å². The molecule has 5 rings (SSSR count). The van der Waals surface area contributed by atoms with Gasteiger partial charge < -0.3 is 10.2 Å². The largest absolute Gasteiger partial charge is 0.491 e. The molecule has 0 amide bonds. The number of pyridine rings is 3. The van der Waals surface area contributed by atoms with Crippen molar-refractivity contribution in [2.75, 3.05) is 0 Å². The highest BCUT2D eigenvalue weighted by Crippen LogP contribution is 2.15. The van der Waals surface area contributed by atoms with E-state index in [1.54, 1.807) is 36.7 Å². The van der Waals surface area contributed by atoms with Gasteiger partial charge in [0.25, 0.3) is 11.8 Å².